The van der Waals surface area contributed by atoms with Gasteiger partial charge in [-0.2, -0.15) is 0 Å². The molecule has 1 saturated heterocycles. The molecule has 2 aliphatic rings. The van der Waals surface area contributed by atoms with E-state index in [1.807, 2.05) is 0 Å². The fraction of sp³-hybridized carbons (Fsp3) is 1.00. The number of hydrogen-bond donors (Lipinski definition) is 1. The highest BCUT2D eigenvalue weighted by atomic mass is 15.0. The van der Waals surface area contributed by atoms with E-state index in [2.05, 4.69) is 12.2 Å². The molecule has 2 rings (SSSR count). The van der Waals surface area contributed by atoms with Crippen LogP contribution >= 0.6 is 0 Å². The van der Waals surface area contributed by atoms with E-state index >= 15 is 0 Å². The summed E-state index contributed by atoms with van der Waals surface area (Å²) in [4.78, 5) is 0. The van der Waals surface area contributed by atoms with Crippen LogP contribution < -0.4 is 5.32 Å². The molecule has 1 aliphatic carbocycles. The van der Waals surface area contributed by atoms with Crippen molar-refractivity contribution in [1.82, 2.24) is 5.32 Å². The van der Waals surface area contributed by atoms with Crippen molar-refractivity contribution in [2.45, 2.75) is 32.6 Å². The highest BCUT2D eigenvalue weighted by Crippen LogP contribution is 2.39. The van der Waals surface area contributed by atoms with Crippen LogP contribution in [0.4, 0.5) is 0 Å². The average molecular weight is 153 g/mol. The van der Waals surface area contributed by atoms with Gasteiger partial charge in [0, 0.05) is 0 Å². The first-order valence-electron chi connectivity index (χ1n) is 5.12. The summed E-state index contributed by atoms with van der Waals surface area (Å²) in [7, 11) is 0. The van der Waals surface area contributed by atoms with Crippen LogP contribution in [0.15, 0.2) is 0 Å². The second-order valence-electron chi connectivity index (χ2n) is 4.18. The smallest absolute Gasteiger partial charge is 0.000549 e. The molecule has 1 saturated carbocycles. The molecule has 0 spiro atoms. The van der Waals surface area contributed by atoms with E-state index < -0.39 is 0 Å². The van der Waals surface area contributed by atoms with Crippen LogP contribution in [0, 0.1) is 17.8 Å². The number of rotatable bonds is 3. The van der Waals surface area contributed by atoms with Crippen molar-refractivity contribution >= 4 is 0 Å². The third kappa shape index (κ3) is 1.31. The summed E-state index contributed by atoms with van der Waals surface area (Å²) >= 11 is 0. The Hall–Kier alpha value is -0.0400. The van der Waals surface area contributed by atoms with E-state index in [9.17, 15) is 0 Å². The van der Waals surface area contributed by atoms with E-state index in [4.69, 9.17) is 0 Å². The standard InChI is InChI=1S/C10H19N/c1-2-10(8-4-3-5-8)9-6-11-7-9/h8-11H,2-7H2,1H3. The fourth-order valence-corrected chi connectivity index (χ4v) is 2.53. The van der Waals surface area contributed by atoms with Crippen molar-refractivity contribution in [2.24, 2.45) is 17.8 Å². The van der Waals surface area contributed by atoms with E-state index in [0.29, 0.717) is 0 Å². The van der Waals surface area contributed by atoms with Gasteiger partial charge in [0.25, 0.3) is 0 Å². The monoisotopic (exact) mass is 153 g/mol. The molecule has 1 atom stereocenters. The van der Waals surface area contributed by atoms with Gasteiger partial charge in [-0.15, -0.1) is 0 Å². The maximum Gasteiger partial charge on any atom is -0.000549 e. The molecule has 1 heterocycles. The van der Waals surface area contributed by atoms with Crippen LogP contribution in [-0.2, 0) is 0 Å². The Bertz CT molecular complexity index is 111. The molecule has 64 valence electrons. The van der Waals surface area contributed by atoms with Crippen molar-refractivity contribution < 1.29 is 0 Å². The Labute approximate surface area is 69.6 Å². The van der Waals surface area contributed by atoms with Crippen LogP contribution in [-0.4, -0.2) is 13.1 Å². The molecule has 1 heteroatoms. The molecule has 0 aromatic rings. The predicted octanol–water partition coefficient (Wildman–Crippen LogP) is 2.03. The summed E-state index contributed by atoms with van der Waals surface area (Å²) in [5.74, 6) is 3.20. The van der Waals surface area contributed by atoms with Crippen LogP contribution in [0.3, 0.4) is 0 Å². The predicted molar refractivity (Wildman–Crippen MR) is 47.5 cm³/mol. The topological polar surface area (TPSA) is 12.0 Å². The Morgan fingerprint density at radius 2 is 2.00 bits per heavy atom. The van der Waals surface area contributed by atoms with Gasteiger partial charge in [0.15, 0.2) is 0 Å². The molecule has 1 nitrogen and oxygen atoms in total. The van der Waals surface area contributed by atoms with Crippen molar-refractivity contribution in [3.05, 3.63) is 0 Å². The van der Waals surface area contributed by atoms with Gasteiger partial charge in [0.1, 0.15) is 0 Å². The first-order chi connectivity index (χ1) is 5.42. The van der Waals surface area contributed by atoms with Crippen molar-refractivity contribution in [2.75, 3.05) is 13.1 Å². The highest BCUT2D eigenvalue weighted by Gasteiger charge is 2.34. The molecule has 0 aromatic carbocycles. The van der Waals surface area contributed by atoms with Gasteiger partial charge >= 0.3 is 0 Å². The number of hydrogen-bond acceptors (Lipinski definition) is 1. The first-order valence-corrected chi connectivity index (χ1v) is 5.12. The summed E-state index contributed by atoms with van der Waals surface area (Å²) in [6, 6.07) is 0. The zero-order valence-corrected chi connectivity index (χ0v) is 7.47. The lowest BCUT2D eigenvalue weighted by atomic mass is 9.68. The molecule has 0 bridgehead atoms. The maximum absolute atomic E-state index is 3.38. The molecule has 0 aromatic heterocycles. The number of nitrogens with one attached hydrogen (secondary N) is 1. The largest absolute Gasteiger partial charge is 0.316 e. The lowest BCUT2D eigenvalue weighted by molar-refractivity contribution is 0.105. The molecule has 0 amide bonds. The second-order valence-corrected chi connectivity index (χ2v) is 4.18. The normalized spacial score (nSPS) is 29.2. The third-order valence-electron chi connectivity index (χ3n) is 3.65. The Morgan fingerprint density at radius 3 is 2.27 bits per heavy atom. The minimum absolute atomic E-state index is 1.03. The fourth-order valence-electron chi connectivity index (χ4n) is 2.53. The van der Waals surface area contributed by atoms with Gasteiger partial charge < -0.3 is 5.32 Å². The zero-order valence-electron chi connectivity index (χ0n) is 7.47. The first kappa shape index (κ1) is 7.60. The Morgan fingerprint density at radius 1 is 1.27 bits per heavy atom. The molecule has 1 N–H and O–H groups in total. The van der Waals surface area contributed by atoms with Gasteiger partial charge in [0.2, 0.25) is 0 Å². The quantitative estimate of drug-likeness (QED) is 0.654. The summed E-state index contributed by atoms with van der Waals surface area (Å²) in [6.45, 7) is 4.96. The molecule has 0 radical (unpaired) electrons. The van der Waals surface area contributed by atoms with Crippen LogP contribution in [0.1, 0.15) is 32.6 Å². The van der Waals surface area contributed by atoms with Crippen molar-refractivity contribution in [3.8, 4) is 0 Å². The van der Waals surface area contributed by atoms with Gasteiger partial charge in [0.05, 0.1) is 0 Å². The van der Waals surface area contributed by atoms with Gasteiger partial charge in [-0.1, -0.05) is 32.6 Å². The van der Waals surface area contributed by atoms with Crippen LogP contribution in [0.2, 0.25) is 0 Å². The van der Waals surface area contributed by atoms with E-state index in [0.717, 1.165) is 17.8 Å². The van der Waals surface area contributed by atoms with Crippen molar-refractivity contribution in [3.63, 3.8) is 0 Å². The summed E-state index contributed by atoms with van der Waals surface area (Å²) in [6.07, 6.45) is 5.96. The van der Waals surface area contributed by atoms with Crippen LogP contribution in [0.5, 0.6) is 0 Å². The molecule has 1 unspecified atom stereocenters. The average Bonchev–Trinajstić information content (AvgIpc) is 1.78. The van der Waals surface area contributed by atoms with E-state index in [-0.39, 0.29) is 0 Å². The van der Waals surface area contributed by atoms with Gasteiger partial charge in [-0.3, -0.25) is 0 Å². The minimum atomic E-state index is 1.03. The Balaban J connectivity index is 1.83. The molecule has 11 heavy (non-hydrogen) atoms. The molecular formula is C10H19N. The van der Waals surface area contributed by atoms with E-state index in [1.54, 1.807) is 0 Å². The maximum atomic E-state index is 3.38. The molecule has 2 fully saturated rings. The summed E-state index contributed by atoms with van der Waals surface area (Å²) < 4.78 is 0. The zero-order chi connectivity index (χ0) is 7.68. The van der Waals surface area contributed by atoms with Crippen LogP contribution in [0.25, 0.3) is 0 Å². The lowest BCUT2D eigenvalue weighted by Gasteiger charge is -2.42. The van der Waals surface area contributed by atoms with Gasteiger partial charge in [-0.25, -0.2) is 0 Å². The second kappa shape index (κ2) is 3.14. The summed E-state index contributed by atoms with van der Waals surface area (Å²) in [5.41, 5.74) is 0. The minimum Gasteiger partial charge on any atom is -0.316 e. The van der Waals surface area contributed by atoms with Crippen molar-refractivity contribution in [1.29, 1.82) is 0 Å². The van der Waals surface area contributed by atoms with Gasteiger partial charge in [-0.05, 0) is 30.8 Å². The van der Waals surface area contributed by atoms with E-state index in [1.165, 1.54) is 38.8 Å². The SMILES string of the molecule is CCC(C1CCC1)C1CNC1. The highest BCUT2D eigenvalue weighted by molar-refractivity contribution is 4.87. The summed E-state index contributed by atoms with van der Waals surface area (Å²) in [5, 5.41) is 3.38. The molecular weight excluding hydrogens is 134 g/mol. The third-order valence-corrected chi connectivity index (χ3v) is 3.65. The molecule has 1 aliphatic heterocycles. The Kier molecular flexibility index (Phi) is 2.17. The lowest BCUT2D eigenvalue weighted by Crippen LogP contribution is -2.48.